The first-order valence-corrected chi connectivity index (χ1v) is 9.51. The predicted octanol–water partition coefficient (Wildman–Crippen LogP) is 1.92. The van der Waals surface area contributed by atoms with Crippen molar-refractivity contribution in [2.75, 3.05) is 39.5 Å². The Morgan fingerprint density at radius 2 is 1.88 bits per heavy atom. The Hall–Kier alpha value is -1.86. The molecule has 25 heavy (non-hydrogen) atoms. The lowest BCUT2D eigenvalue weighted by atomic mass is 10.2. The molecule has 0 saturated carbocycles. The van der Waals surface area contributed by atoms with Crippen LogP contribution in [-0.2, 0) is 11.3 Å². The lowest BCUT2D eigenvalue weighted by molar-refractivity contribution is -0.125. The Bertz CT molecular complexity index is 784. The van der Waals surface area contributed by atoms with E-state index in [0.717, 1.165) is 19.6 Å². The van der Waals surface area contributed by atoms with Gasteiger partial charge >= 0.3 is 0 Å². The molecular weight excluding hydrogens is 336 g/mol. The van der Waals surface area contributed by atoms with Gasteiger partial charge in [0.05, 0.1) is 16.7 Å². The molecule has 0 spiro atoms. The highest BCUT2D eigenvalue weighted by Gasteiger charge is 2.14. The van der Waals surface area contributed by atoms with Gasteiger partial charge < -0.3 is 9.80 Å². The molecule has 0 atom stereocenters. The zero-order chi connectivity index (χ0) is 18.4. The van der Waals surface area contributed by atoms with Gasteiger partial charge in [-0.1, -0.05) is 37.7 Å². The van der Waals surface area contributed by atoms with Crippen molar-refractivity contribution in [3.05, 3.63) is 34.6 Å². The number of hydrogen-bond acceptors (Lipinski definition) is 5. The third-order valence-electron chi connectivity index (χ3n) is 4.18. The number of para-hydroxylation sites is 1. The van der Waals surface area contributed by atoms with Gasteiger partial charge in [-0.25, -0.2) is 4.98 Å². The maximum absolute atomic E-state index is 12.9. The van der Waals surface area contributed by atoms with Crippen molar-refractivity contribution in [3.63, 3.8) is 0 Å². The normalized spacial score (nSPS) is 11.2. The fraction of sp³-hybridized carbons (Fsp3) is 0.500. The molecule has 1 aromatic heterocycles. The number of rotatable bonds is 8. The zero-order valence-corrected chi connectivity index (χ0v) is 16.2. The number of likely N-dealkylation sites (N-methyl/N-ethyl adjacent to an activating group) is 1. The van der Waals surface area contributed by atoms with Gasteiger partial charge in [0, 0.05) is 27.2 Å². The second-order valence-corrected chi connectivity index (χ2v) is 6.91. The zero-order valence-electron chi connectivity index (χ0n) is 15.4. The highest BCUT2D eigenvalue weighted by molar-refractivity contribution is 7.99. The van der Waals surface area contributed by atoms with Crippen LogP contribution >= 0.6 is 11.8 Å². The first-order chi connectivity index (χ1) is 12.0. The van der Waals surface area contributed by atoms with E-state index in [2.05, 4.69) is 23.7 Å². The molecule has 0 aliphatic rings. The smallest absolute Gasteiger partial charge is 0.262 e. The first kappa shape index (κ1) is 19.5. The van der Waals surface area contributed by atoms with E-state index in [0.29, 0.717) is 22.6 Å². The van der Waals surface area contributed by atoms with Gasteiger partial charge in [-0.05, 0) is 25.2 Å². The lowest BCUT2D eigenvalue weighted by Gasteiger charge is -2.20. The summed E-state index contributed by atoms with van der Waals surface area (Å²) in [6, 6.07) is 7.36. The van der Waals surface area contributed by atoms with E-state index in [-0.39, 0.29) is 17.2 Å². The summed E-state index contributed by atoms with van der Waals surface area (Å²) in [5, 5.41) is 1.22. The van der Waals surface area contributed by atoms with E-state index in [9.17, 15) is 9.59 Å². The molecule has 1 heterocycles. The van der Waals surface area contributed by atoms with Crippen molar-refractivity contribution in [3.8, 4) is 0 Å². The molecule has 0 saturated heterocycles. The topological polar surface area (TPSA) is 58.4 Å². The van der Waals surface area contributed by atoms with Crippen molar-refractivity contribution in [2.24, 2.45) is 0 Å². The fourth-order valence-electron chi connectivity index (χ4n) is 2.49. The SMILES string of the molecule is CCN(CC)CCn1c(SCC(=O)N(C)C)nc2ccccc2c1=O. The predicted molar refractivity (Wildman–Crippen MR) is 103 cm³/mol. The number of amides is 1. The maximum Gasteiger partial charge on any atom is 0.262 e. The third-order valence-corrected chi connectivity index (χ3v) is 5.15. The van der Waals surface area contributed by atoms with Crippen LogP contribution in [0.1, 0.15) is 13.8 Å². The Morgan fingerprint density at radius 1 is 1.20 bits per heavy atom. The molecule has 1 amide bonds. The van der Waals surface area contributed by atoms with Gasteiger partial charge in [0.1, 0.15) is 0 Å². The second-order valence-electron chi connectivity index (χ2n) is 5.97. The largest absolute Gasteiger partial charge is 0.348 e. The van der Waals surface area contributed by atoms with Crippen LogP contribution in [-0.4, -0.2) is 64.7 Å². The molecule has 0 radical (unpaired) electrons. The van der Waals surface area contributed by atoms with Gasteiger partial charge in [-0.2, -0.15) is 0 Å². The molecule has 2 rings (SSSR count). The van der Waals surface area contributed by atoms with Crippen LogP contribution in [0.25, 0.3) is 10.9 Å². The Kier molecular flexibility index (Phi) is 7.01. The minimum absolute atomic E-state index is 0.00250. The molecular formula is C18H26N4O2S. The summed E-state index contributed by atoms with van der Waals surface area (Å²) in [6.07, 6.45) is 0. The summed E-state index contributed by atoms with van der Waals surface area (Å²) in [4.78, 5) is 33.3. The van der Waals surface area contributed by atoms with Crippen molar-refractivity contribution in [1.29, 1.82) is 0 Å². The monoisotopic (exact) mass is 362 g/mol. The van der Waals surface area contributed by atoms with E-state index >= 15 is 0 Å². The fourth-order valence-corrected chi connectivity index (χ4v) is 3.50. The number of carbonyl (C=O) groups is 1. The molecule has 2 aromatic rings. The van der Waals surface area contributed by atoms with Crippen molar-refractivity contribution < 1.29 is 4.79 Å². The number of thioether (sulfide) groups is 1. The summed E-state index contributed by atoms with van der Waals surface area (Å²) in [5.41, 5.74) is 0.629. The highest BCUT2D eigenvalue weighted by Crippen LogP contribution is 2.18. The molecule has 0 unspecified atom stereocenters. The first-order valence-electron chi connectivity index (χ1n) is 8.52. The molecule has 136 valence electrons. The summed E-state index contributed by atoms with van der Waals surface area (Å²) >= 11 is 1.32. The molecule has 0 aliphatic heterocycles. The summed E-state index contributed by atoms with van der Waals surface area (Å²) in [5.74, 6) is 0.269. The third kappa shape index (κ3) is 4.83. The number of nitrogens with zero attached hydrogens (tertiary/aromatic N) is 4. The van der Waals surface area contributed by atoms with Gasteiger partial charge in [-0.15, -0.1) is 0 Å². The van der Waals surface area contributed by atoms with Crippen LogP contribution in [0, 0.1) is 0 Å². The van der Waals surface area contributed by atoms with Crippen LogP contribution in [0.5, 0.6) is 0 Å². The Balaban J connectivity index is 2.36. The average molecular weight is 362 g/mol. The molecule has 1 aromatic carbocycles. The van der Waals surface area contributed by atoms with Crippen LogP contribution in [0.3, 0.4) is 0 Å². The minimum atomic E-state index is -0.0439. The van der Waals surface area contributed by atoms with Crippen LogP contribution in [0.4, 0.5) is 0 Å². The Labute approximate surface area is 152 Å². The Morgan fingerprint density at radius 3 is 2.52 bits per heavy atom. The molecule has 0 N–H and O–H groups in total. The number of benzene rings is 1. The molecule has 0 fully saturated rings. The van der Waals surface area contributed by atoms with Gasteiger partial charge in [0.2, 0.25) is 5.91 Å². The molecule has 0 bridgehead atoms. The van der Waals surface area contributed by atoms with Gasteiger partial charge in [0.15, 0.2) is 5.16 Å². The second kappa shape index (κ2) is 9.01. The molecule has 0 aliphatic carbocycles. The van der Waals surface area contributed by atoms with Crippen molar-refractivity contribution in [1.82, 2.24) is 19.4 Å². The van der Waals surface area contributed by atoms with E-state index < -0.39 is 0 Å². The standard InChI is InChI=1S/C18H26N4O2S/c1-5-21(6-2)11-12-22-17(24)14-9-7-8-10-15(14)19-18(22)25-13-16(23)20(3)4/h7-10H,5-6,11-13H2,1-4H3. The summed E-state index contributed by atoms with van der Waals surface area (Å²) < 4.78 is 1.70. The quantitative estimate of drug-likeness (QED) is 0.530. The highest BCUT2D eigenvalue weighted by atomic mass is 32.2. The number of hydrogen-bond donors (Lipinski definition) is 0. The minimum Gasteiger partial charge on any atom is -0.348 e. The molecule has 6 nitrogen and oxygen atoms in total. The van der Waals surface area contributed by atoms with Crippen molar-refractivity contribution in [2.45, 2.75) is 25.5 Å². The van der Waals surface area contributed by atoms with E-state index in [1.165, 1.54) is 11.8 Å². The van der Waals surface area contributed by atoms with Crippen molar-refractivity contribution >= 4 is 28.6 Å². The van der Waals surface area contributed by atoms with E-state index in [1.54, 1.807) is 29.6 Å². The summed E-state index contributed by atoms with van der Waals surface area (Å²) in [6.45, 7) is 7.44. The summed E-state index contributed by atoms with van der Waals surface area (Å²) in [7, 11) is 3.45. The number of carbonyl (C=O) groups excluding carboxylic acids is 1. The average Bonchev–Trinajstić information content (AvgIpc) is 2.62. The number of aromatic nitrogens is 2. The van der Waals surface area contributed by atoms with Crippen LogP contribution in [0.2, 0.25) is 0 Å². The van der Waals surface area contributed by atoms with E-state index in [1.807, 2.05) is 18.2 Å². The number of fused-ring (bicyclic) bond motifs is 1. The maximum atomic E-state index is 12.9. The van der Waals surface area contributed by atoms with Crippen LogP contribution < -0.4 is 5.56 Å². The molecule has 7 heteroatoms. The van der Waals surface area contributed by atoms with E-state index in [4.69, 9.17) is 0 Å². The van der Waals surface area contributed by atoms with Gasteiger partial charge in [-0.3, -0.25) is 14.2 Å². The lowest BCUT2D eigenvalue weighted by Crippen LogP contribution is -2.32. The van der Waals surface area contributed by atoms with Crippen LogP contribution in [0.15, 0.2) is 34.2 Å². The van der Waals surface area contributed by atoms with Gasteiger partial charge in [0.25, 0.3) is 5.56 Å².